The molecule has 2 aliphatic heterocycles. The second-order valence-corrected chi connectivity index (χ2v) is 9.78. The molecule has 4 nitrogen and oxygen atoms in total. The maximum atomic E-state index is 13.9. The lowest BCUT2D eigenvalue weighted by molar-refractivity contribution is 0.228. The van der Waals surface area contributed by atoms with Crippen LogP contribution >= 0.6 is 11.6 Å². The largest absolute Gasteiger partial charge is 0.508 e. The van der Waals surface area contributed by atoms with Crippen molar-refractivity contribution in [2.45, 2.75) is 19.4 Å². The Morgan fingerprint density at radius 2 is 1.92 bits per heavy atom. The Morgan fingerprint density at radius 1 is 1.11 bits per heavy atom. The first kappa shape index (κ1) is 24.6. The summed E-state index contributed by atoms with van der Waals surface area (Å²) in [6.07, 6.45) is 0.448. The van der Waals surface area contributed by atoms with Crippen LogP contribution in [0.1, 0.15) is 36.1 Å². The topological polar surface area (TPSA) is 41.9 Å². The molecule has 2 unspecified atom stereocenters. The zero-order chi connectivity index (χ0) is 25.2. The van der Waals surface area contributed by atoms with E-state index in [0.29, 0.717) is 12.4 Å². The number of halogens is 3. The van der Waals surface area contributed by atoms with Crippen LogP contribution in [0.5, 0.6) is 17.2 Å². The van der Waals surface area contributed by atoms with Gasteiger partial charge in [-0.3, -0.25) is 9.29 Å². The van der Waals surface area contributed by atoms with Gasteiger partial charge in [0, 0.05) is 30.1 Å². The van der Waals surface area contributed by atoms with Gasteiger partial charge in [-0.1, -0.05) is 29.8 Å². The summed E-state index contributed by atoms with van der Waals surface area (Å²) in [5, 5.41) is 10.1. The zero-order valence-corrected chi connectivity index (χ0v) is 20.8. The third kappa shape index (κ3) is 5.06. The van der Waals surface area contributed by atoms with Crippen molar-refractivity contribution in [2.24, 2.45) is 5.92 Å². The summed E-state index contributed by atoms with van der Waals surface area (Å²) in [7, 11) is 0. The Hall–Kier alpha value is -3.09. The molecule has 2 atom stereocenters. The molecule has 0 aliphatic carbocycles. The fraction of sp³-hybridized carbons (Fsp3) is 0.310. The minimum atomic E-state index is -0.486. The van der Waals surface area contributed by atoms with Crippen molar-refractivity contribution in [3.63, 3.8) is 0 Å². The maximum Gasteiger partial charge on any atom is 0.150 e. The van der Waals surface area contributed by atoms with Crippen LogP contribution in [0.2, 0.25) is 5.02 Å². The molecule has 0 saturated carbocycles. The van der Waals surface area contributed by atoms with Crippen LogP contribution in [0, 0.1) is 11.7 Å². The quantitative estimate of drug-likeness (QED) is 0.374. The fourth-order valence-corrected chi connectivity index (χ4v) is 5.16. The molecule has 1 N–H and O–H groups in total. The monoisotopic (exact) mass is 511 g/mol. The molecule has 5 rings (SSSR count). The summed E-state index contributed by atoms with van der Waals surface area (Å²) < 4.78 is 39.1. The predicted octanol–water partition coefficient (Wildman–Crippen LogP) is 6.92. The minimum Gasteiger partial charge on any atom is -0.508 e. The smallest absolute Gasteiger partial charge is 0.150 e. The van der Waals surface area contributed by atoms with Crippen LogP contribution in [0.4, 0.5) is 8.78 Å². The normalized spacial score (nSPS) is 19.8. The first-order valence-corrected chi connectivity index (χ1v) is 12.5. The number of aromatic hydroxyl groups is 1. The van der Waals surface area contributed by atoms with E-state index in [0.717, 1.165) is 59.6 Å². The summed E-state index contributed by atoms with van der Waals surface area (Å²) in [6, 6.07) is 17.4. The summed E-state index contributed by atoms with van der Waals surface area (Å²) in [6.45, 7) is 4.71. The SMILES string of the molecule is CC1=C(c2ccc(F)c(Cl)c2)C(c2ccc(OCCN3CCC(CF)C3)cc2)Oc2ccc(O)cc21. The van der Waals surface area contributed by atoms with E-state index in [1.165, 1.54) is 6.07 Å². The van der Waals surface area contributed by atoms with Crippen molar-refractivity contribution >= 4 is 22.7 Å². The first-order valence-electron chi connectivity index (χ1n) is 12.1. The van der Waals surface area contributed by atoms with E-state index >= 15 is 0 Å². The number of hydrogen-bond acceptors (Lipinski definition) is 4. The molecule has 188 valence electrons. The van der Waals surface area contributed by atoms with Gasteiger partial charge < -0.3 is 14.6 Å². The zero-order valence-electron chi connectivity index (χ0n) is 20.0. The summed E-state index contributed by atoms with van der Waals surface area (Å²) in [5.41, 5.74) is 4.19. The molecular weight excluding hydrogens is 484 g/mol. The number of ether oxygens (including phenoxy) is 2. The standard InChI is InChI=1S/C29H28ClF2NO3/c1-18-24-15-22(34)5-9-27(24)36-29(28(18)21-4-8-26(32)25(30)14-21)20-2-6-23(7-3-20)35-13-12-33-11-10-19(16-31)17-33/h2-9,14-15,19,29,34H,10-13,16-17H2,1H3. The highest BCUT2D eigenvalue weighted by Crippen LogP contribution is 2.47. The number of nitrogens with zero attached hydrogens (tertiary/aromatic N) is 1. The molecule has 2 aliphatic rings. The summed E-state index contributed by atoms with van der Waals surface area (Å²) >= 11 is 6.12. The third-order valence-electron chi connectivity index (χ3n) is 6.96. The fourth-order valence-electron chi connectivity index (χ4n) is 4.98. The van der Waals surface area contributed by atoms with Gasteiger partial charge in [-0.05, 0) is 79.1 Å². The average molecular weight is 512 g/mol. The van der Waals surface area contributed by atoms with Gasteiger partial charge in [0.2, 0.25) is 0 Å². The highest BCUT2D eigenvalue weighted by molar-refractivity contribution is 6.31. The minimum absolute atomic E-state index is 0.0350. The van der Waals surface area contributed by atoms with Gasteiger partial charge in [-0.25, -0.2) is 4.39 Å². The molecular formula is C29H28ClF2NO3. The Morgan fingerprint density at radius 3 is 2.64 bits per heavy atom. The number of hydrogen-bond donors (Lipinski definition) is 1. The van der Waals surface area contributed by atoms with E-state index in [-0.39, 0.29) is 23.4 Å². The average Bonchev–Trinajstić information content (AvgIpc) is 3.35. The van der Waals surface area contributed by atoms with E-state index in [4.69, 9.17) is 21.1 Å². The van der Waals surface area contributed by atoms with Gasteiger partial charge in [-0.2, -0.15) is 0 Å². The number of rotatable bonds is 7. The van der Waals surface area contributed by atoms with Gasteiger partial charge in [0.1, 0.15) is 35.8 Å². The molecule has 2 heterocycles. The maximum absolute atomic E-state index is 13.9. The van der Waals surface area contributed by atoms with E-state index in [1.807, 2.05) is 31.2 Å². The van der Waals surface area contributed by atoms with E-state index in [2.05, 4.69) is 4.90 Å². The first-order chi connectivity index (χ1) is 17.4. The van der Waals surface area contributed by atoms with Gasteiger partial charge in [0.05, 0.1) is 11.7 Å². The molecule has 0 radical (unpaired) electrons. The Bertz CT molecular complexity index is 1280. The molecule has 0 aromatic heterocycles. The molecule has 0 amide bonds. The molecule has 0 bridgehead atoms. The van der Waals surface area contributed by atoms with Crippen LogP contribution in [-0.4, -0.2) is 42.9 Å². The Balaban J connectivity index is 1.38. The number of benzene rings is 3. The molecule has 36 heavy (non-hydrogen) atoms. The Labute approximate surface area is 214 Å². The van der Waals surface area contributed by atoms with Gasteiger partial charge in [-0.15, -0.1) is 0 Å². The van der Waals surface area contributed by atoms with Crippen molar-refractivity contribution in [3.8, 4) is 17.2 Å². The highest BCUT2D eigenvalue weighted by Gasteiger charge is 2.30. The number of allylic oxidation sites excluding steroid dienone is 1. The number of alkyl halides is 1. The lowest BCUT2D eigenvalue weighted by Crippen LogP contribution is -2.26. The van der Waals surface area contributed by atoms with Gasteiger partial charge in [0.25, 0.3) is 0 Å². The van der Waals surface area contributed by atoms with E-state index in [9.17, 15) is 13.9 Å². The molecule has 7 heteroatoms. The predicted molar refractivity (Wildman–Crippen MR) is 138 cm³/mol. The number of phenolic OH excluding ortho intramolecular Hbond substituents is 1. The van der Waals surface area contributed by atoms with Crippen molar-refractivity contribution < 1.29 is 23.4 Å². The van der Waals surface area contributed by atoms with Crippen LogP contribution in [0.15, 0.2) is 60.7 Å². The molecule has 0 spiro atoms. The van der Waals surface area contributed by atoms with Crippen LogP contribution in [0.3, 0.4) is 0 Å². The molecule has 1 saturated heterocycles. The molecule has 1 fully saturated rings. The third-order valence-corrected chi connectivity index (χ3v) is 7.25. The number of phenols is 1. The second-order valence-electron chi connectivity index (χ2n) is 9.37. The van der Waals surface area contributed by atoms with Crippen molar-refractivity contribution in [1.29, 1.82) is 0 Å². The van der Waals surface area contributed by atoms with Crippen LogP contribution < -0.4 is 9.47 Å². The van der Waals surface area contributed by atoms with Crippen LogP contribution in [0.25, 0.3) is 11.1 Å². The van der Waals surface area contributed by atoms with Crippen molar-refractivity contribution in [3.05, 3.63) is 88.2 Å². The van der Waals surface area contributed by atoms with Gasteiger partial charge >= 0.3 is 0 Å². The van der Waals surface area contributed by atoms with E-state index in [1.54, 1.807) is 30.3 Å². The van der Waals surface area contributed by atoms with E-state index < -0.39 is 11.9 Å². The van der Waals surface area contributed by atoms with Crippen molar-refractivity contribution in [1.82, 2.24) is 4.90 Å². The summed E-state index contributed by atoms with van der Waals surface area (Å²) in [5.74, 6) is 1.21. The van der Waals surface area contributed by atoms with Crippen molar-refractivity contribution in [2.75, 3.05) is 32.9 Å². The molecule has 3 aromatic carbocycles. The second kappa shape index (κ2) is 10.5. The summed E-state index contributed by atoms with van der Waals surface area (Å²) in [4.78, 5) is 2.23. The lowest BCUT2D eigenvalue weighted by atomic mass is 9.86. The highest BCUT2D eigenvalue weighted by atomic mass is 35.5. The number of fused-ring (bicyclic) bond motifs is 1. The van der Waals surface area contributed by atoms with Crippen LogP contribution in [-0.2, 0) is 0 Å². The lowest BCUT2D eigenvalue weighted by Gasteiger charge is -2.31. The number of likely N-dealkylation sites (tertiary alicyclic amines) is 1. The van der Waals surface area contributed by atoms with Gasteiger partial charge in [0.15, 0.2) is 0 Å². The molecule has 3 aromatic rings. The Kier molecular flexibility index (Phi) is 7.17.